The second-order valence-electron chi connectivity index (χ2n) is 7.09. The van der Waals surface area contributed by atoms with E-state index in [0.717, 1.165) is 0 Å². The molecule has 1 fully saturated rings. The Hall–Kier alpha value is -2.83. The Balaban J connectivity index is 1.51. The highest BCUT2D eigenvalue weighted by atomic mass is 19.1. The average Bonchev–Trinajstić information content (AvgIpc) is 3.23. The number of furan rings is 1. The van der Waals surface area contributed by atoms with Gasteiger partial charge < -0.3 is 19.0 Å². The molecule has 1 saturated heterocycles. The van der Waals surface area contributed by atoms with Crippen molar-refractivity contribution in [1.82, 2.24) is 9.80 Å². The van der Waals surface area contributed by atoms with Crippen LogP contribution in [-0.2, 0) is 11.4 Å². The van der Waals surface area contributed by atoms with Crippen molar-refractivity contribution in [3.05, 3.63) is 53.7 Å². The van der Waals surface area contributed by atoms with Crippen molar-refractivity contribution >= 4 is 11.8 Å². The summed E-state index contributed by atoms with van der Waals surface area (Å²) in [6, 6.07) is 9.05. The van der Waals surface area contributed by atoms with Crippen molar-refractivity contribution in [2.75, 3.05) is 26.2 Å². The van der Waals surface area contributed by atoms with Crippen LogP contribution in [0.4, 0.5) is 4.39 Å². The highest BCUT2D eigenvalue weighted by Crippen LogP contribution is 2.22. The molecule has 7 heteroatoms. The fourth-order valence-electron chi connectivity index (χ4n) is 3.53. The summed E-state index contributed by atoms with van der Waals surface area (Å²) < 4.78 is 24.1. The zero-order valence-electron chi connectivity index (χ0n) is 16.9. The summed E-state index contributed by atoms with van der Waals surface area (Å²) >= 11 is 0. The molecule has 0 saturated carbocycles. The van der Waals surface area contributed by atoms with Crippen LogP contribution in [0.25, 0.3) is 0 Å². The van der Waals surface area contributed by atoms with Crippen LogP contribution in [0, 0.1) is 11.7 Å². The van der Waals surface area contributed by atoms with E-state index in [1.165, 1.54) is 24.3 Å². The van der Waals surface area contributed by atoms with E-state index >= 15 is 0 Å². The van der Waals surface area contributed by atoms with Gasteiger partial charge in [0.15, 0.2) is 5.76 Å². The van der Waals surface area contributed by atoms with Crippen molar-refractivity contribution < 1.29 is 23.1 Å². The topological polar surface area (TPSA) is 63.0 Å². The molecule has 2 aromatic rings. The first kappa shape index (κ1) is 20.9. The second-order valence-corrected chi connectivity index (χ2v) is 7.09. The van der Waals surface area contributed by atoms with Gasteiger partial charge >= 0.3 is 0 Å². The van der Waals surface area contributed by atoms with Gasteiger partial charge in [0.2, 0.25) is 5.91 Å². The zero-order valence-corrected chi connectivity index (χ0v) is 16.9. The molecule has 2 amide bonds. The zero-order chi connectivity index (χ0) is 20.8. The number of benzene rings is 1. The molecule has 0 bridgehead atoms. The Morgan fingerprint density at radius 3 is 2.38 bits per heavy atom. The molecule has 1 aliphatic heterocycles. The molecule has 0 N–H and O–H groups in total. The maximum Gasteiger partial charge on any atom is 0.289 e. The summed E-state index contributed by atoms with van der Waals surface area (Å²) in [6.45, 7) is 6.62. The predicted octanol–water partition coefficient (Wildman–Crippen LogP) is 3.72. The molecule has 1 aliphatic rings. The summed E-state index contributed by atoms with van der Waals surface area (Å²) in [7, 11) is 0. The lowest BCUT2D eigenvalue weighted by Crippen LogP contribution is -2.44. The number of piperidine rings is 1. The van der Waals surface area contributed by atoms with Gasteiger partial charge in [0.1, 0.15) is 23.9 Å². The molecule has 3 rings (SSSR count). The summed E-state index contributed by atoms with van der Waals surface area (Å²) in [5.74, 6) is 0.962. The van der Waals surface area contributed by atoms with Gasteiger partial charge in [-0.15, -0.1) is 0 Å². The number of nitrogens with zero attached hydrogens (tertiary/aromatic N) is 2. The summed E-state index contributed by atoms with van der Waals surface area (Å²) in [5.41, 5.74) is 0. The smallest absolute Gasteiger partial charge is 0.289 e. The van der Waals surface area contributed by atoms with Crippen LogP contribution in [-0.4, -0.2) is 47.8 Å². The van der Waals surface area contributed by atoms with Crippen LogP contribution < -0.4 is 4.74 Å². The quantitative estimate of drug-likeness (QED) is 0.708. The highest BCUT2D eigenvalue weighted by Gasteiger charge is 2.30. The van der Waals surface area contributed by atoms with Crippen molar-refractivity contribution in [3.8, 4) is 5.75 Å². The first-order chi connectivity index (χ1) is 14.0. The fourth-order valence-corrected chi connectivity index (χ4v) is 3.53. The van der Waals surface area contributed by atoms with E-state index in [1.807, 2.05) is 18.7 Å². The third-order valence-corrected chi connectivity index (χ3v) is 5.27. The number of carbonyl (C=O) groups is 2. The van der Waals surface area contributed by atoms with Crippen LogP contribution in [0.5, 0.6) is 5.75 Å². The molecule has 156 valence electrons. The van der Waals surface area contributed by atoms with E-state index in [-0.39, 0.29) is 35.9 Å². The second kappa shape index (κ2) is 9.58. The standard InChI is InChI=1S/C22H27FN2O4/c1-3-24(4-2)21(26)16-11-13-25(14-12-16)22(27)20-10-9-19(29-20)15-28-18-7-5-17(23)6-8-18/h5-10,16H,3-4,11-15H2,1-2H3. The van der Waals surface area contributed by atoms with Crippen LogP contribution in [0.1, 0.15) is 43.0 Å². The number of hydrogen-bond donors (Lipinski definition) is 0. The first-order valence-electron chi connectivity index (χ1n) is 10.1. The van der Waals surface area contributed by atoms with E-state index in [4.69, 9.17) is 9.15 Å². The average molecular weight is 402 g/mol. The van der Waals surface area contributed by atoms with Crippen LogP contribution >= 0.6 is 0 Å². The Morgan fingerprint density at radius 2 is 1.76 bits per heavy atom. The van der Waals surface area contributed by atoms with Gasteiger partial charge in [0.05, 0.1) is 0 Å². The molecule has 0 spiro atoms. The molecule has 0 radical (unpaired) electrons. The molecular formula is C22H27FN2O4. The number of hydrogen-bond acceptors (Lipinski definition) is 4. The van der Waals surface area contributed by atoms with Gasteiger partial charge in [0.25, 0.3) is 5.91 Å². The van der Waals surface area contributed by atoms with Crippen LogP contribution in [0.2, 0.25) is 0 Å². The molecule has 1 aromatic carbocycles. The van der Waals surface area contributed by atoms with Gasteiger partial charge in [-0.25, -0.2) is 4.39 Å². The van der Waals surface area contributed by atoms with Gasteiger partial charge in [-0.1, -0.05) is 0 Å². The minimum absolute atomic E-state index is 0.0183. The van der Waals surface area contributed by atoms with E-state index in [2.05, 4.69) is 0 Å². The molecule has 0 atom stereocenters. The highest BCUT2D eigenvalue weighted by molar-refractivity contribution is 5.91. The molecule has 0 aliphatic carbocycles. The largest absolute Gasteiger partial charge is 0.486 e. The van der Waals surface area contributed by atoms with Crippen molar-refractivity contribution in [3.63, 3.8) is 0 Å². The monoisotopic (exact) mass is 402 g/mol. The summed E-state index contributed by atoms with van der Waals surface area (Å²) in [4.78, 5) is 28.8. The van der Waals surface area contributed by atoms with Crippen molar-refractivity contribution in [2.24, 2.45) is 5.92 Å². The van der Waals surface area contributed by atoms with Crippen molar-refractivity contribution in [2.45, 2.75) is 33.3 Å². The summed E-state index contributed by atoms with van der Waals surface area (Å²) in [6.07, 6.45) is 1.34. The Morgan fingerprint density at radius 1 is 1.10 bits per heavy atom. The third-order valence-electron chi connectivity index (χ3n) is 5.27. The number of likely N-dealkylation sites (tertiary alicyclic amines) is 1. The normalized spacial score (nSPS) is 14.7. The molecule has 2 heterocycles. The lowest BCUT2D eigenvalue weighted by molar-refractivity contribution is -0.136. The number of halogens is 1. The fraction of sp³-hybridized carbons (Fsp3) is 0.455. The molecule has 29 heavy (non-hydrogen) atoms. The third kappa shape index (κ3) is 5.16. The van der Waals surface area contributed by atoms with Gasteiger partial charge in [-0.2, -0.15) is 0 Å². The molecule has 1 aromatic heterocycles. The molecule has 0 unspecified atom stereocenters. The van der Waals surface area contributed by atoms with Gasteiger partial charge in [-0.05, 0) is 63.1 Å². The Bertz CT molecular complexity index is 822. The number of carbonyl (C=O) groups excluding carboxylic acids is 2. The van der Waals surface area contributed by atoms with E-state index in [0.29, 0.717) is 50.5 Å². The number of ether oxygens (including phenoxy) is 1. The minimum atomic E-state index is -0.328. The molecule has 6 nitrogen and oxygen atoms in total. The first-order valence-corrected chi connectivity index (χ1v) is 10.1. The lowest BCUT2D eigenvalue weighted by Gasteiger charge is -2.33. The summed E-state index contributed by atoms with van der Waals surface area (Å²) in [5, 5.41) is 0. The predicted molar refractivity (Wildman–Crippen MR) is 106 cm³/mol. The maximum atomic E-state index is 12.9. The number of amides is 2. The molecular weight excluding hydrogens is 375 g/mol. The van der Waals surface area contributed by atoms with Crippen molar-refractivity contribution in [1.29, 1.82) is 0 Å². The lowest BCUT2D eigenvalue weighted by atomic mass is 9.95. The number of rotatable bonds is 7. The van der Waals surface area contributed by atoms with E-state index in [9.17, 15) is 14.0 Å². The Labute approximate surface area is 170 Å². The van der Waals surface area contributed by atoms with Gasteiger partial charge in [0, 0.05) is 32.1 Å². The van der Waals surface area contributed by atoms with Crippen LogP contribution in [0.15, 0.2) is 40.8 Å². The minimum Gasteiger partial charge on any atom is -0.486 e. The van der Waals surface area contributed by atoms with Gasteiger partial charge in [-0.3, -0.25) is 9.59 Å². The SMILES string of the molecule is CCN(CC)C(=O)C1CCN(C(=O)c2ccc(COc3ccc(F)cc3)o2)CC1. The maximum absolute atomic E-state index is 12.9. The Kier molecular flexibility index (Phi) is 6.90. The van der Waals surface area contributed by atoms with E-state index < -0.39 is 0 Å². The van der Waals surface area contributed by atoms with E-state index in [1.54, 1.807) is 17.0 Å². The van der Waals surface area contributed by atoms with Crippen LogP contribution in [0.3, 0.4) is 0 Å².